The van der Waals surface area contributed by atoms with Crippen LogP contribution in [-0.4, -0.2) is 40.7 Å². The van der Waals surface area contributed by atoms with Crippen LogP contribution in [0.15, 0.2) is 24.3 Å². The first-order valence-corrected chi connectivity index (χ1v) is 11.5. The number of phenolic OH excluding ortho intramolecular Hbond substituents is 1. The van der Waals surface area contributed by atoms with E-state index in [1.807, 2.05) is 48.5 Å². The van der Waals surface area contributed by atoms with Gasteiger partial charge in [0, 0.05) is 28.8 Å². The van der Waals surface area contributed by atoms with Crippen molar-refractivity contribution in [3.05, 3.63) is 57.6 Å². The predicted molar refractivity (Wildman–Crippen MR) is 133 cm³/mol. The fourth-order valence-corrected chi connectivity index (χ4v) is 4.23. The molecule has 0 aliphatic carbocycles. The number of amidine groups is 1. The lowest BCUT2D eigenvalue weighted by atomic mass is 9.78. The van der Waals surface area contributed by atoms with Crippen LogP contribution in [0.3, 0.4) is 0 Å². The Bertz CT molecular complexity index is 1130. The summed E-state index contributed by atoms with van der Waals surface area (Å²) in [7, 11) is 0. The van der Waals surface area contributed by atoms with Crippen LogP contribution in [0.1, 0.15) is 91.4 Å². The summed E-state index contributed by atoms with van der Waals surface area (Å²) in [5, 5.41) is 19.6. The molecule has 0 aromatic heterocycles. The van der Waals surface area contributed by atoms with E-state index < -0.39 is 5.91 Å². The maximum atomic E-state index is 13.4. The summed E-state index contributed by atoms with van der Waals surface area (Å²) in [5.74, 6) is 0.00812. The highest BCUT2D eigenvalue weighted by Crippen LogP contribution is 2.40. The largest absolute Gasteiger partial charge is 0.507 e. The molecule has 1 amide bonds. The third-order valence-corrected chi connectivity index (χ3v) is 6.09. The van der Waals surface area contributed by atoms with Crippen LogP contribution in [0.5, 0.6) is 11.5 Å². The topological polar surface area (TPSA) is 117 Å². The van der Waals surface area contributed by atoms with Crippen molar-refractivity contribution in [3.8, 4) is 11.5 Å². The molecule has 0 spiro atoms. The van der Waals surface area contributed by atoms with E-state index in [1.54, 1.807) is 29.2 Å². The minimum Gasteiger partial charge on any atom is -0.507 e. The average Bonchev–Trinajstić information content (AvgIpc) is 3.00. The number of carbonyl (C=O) groups is 2. The molecule has 0 atom stereocenters. The molecule has 0 bridgehead atoms. The molecule has 0 saturated carbocycles. The highest BCUT2D eigenvalue weighted by molar-refractivity contribution is 6.07. The van der Waals surface area contributed by atoms with Gasteiger partial charge in [0.15, 0.2) is 5.78 Å². The summed E-state index contributed by atoms with van der Waals surface area (Å²) in [4.78, 5) is 27.0. The Morgan fingerprint density at radius 1 is 1.06 bits per heavy atom. The number of ketones is 1. The Kier molecular flexibility index (Phi) is 6.53. The van der Waals surface area contributed by atoms with Crippen molar-refractivity contribution >= 4 is 17.5 Å². The number of hydrogen-bond acceptors (Lipinski definition) is 5. The summed E-state index contributed by atoms with van der Waals surface area (Å²) in [5.41, 5.74) is 8.35. The zero-order valence-electron chi connectivity index (χ0n) is 21.1. The van der Waals surface area contributed by atoms with Crippen LogP contribution in [0.25, 0.3) is 0 Å². The van der Waals surface area contributed by atoms with Crippen molar-refractivity contribution < 1.29 is 19.4 Å². The number of nitrogens with two attached hydrogens (primary N) is 1. The molecule has 182 valence electrons. The number of ether oxygens (including phenoxy) is 1. The van der Waals surface area contributed by atoms with Crippen LogP contribution in [-0.2, 0) is 17.4 Å². The van der Waals surface area contributed by atoms with Gasteiger partial charge in [-0.25, -0.2) is 0 Å². The van der Waals surface area contributed by atoms with E-state index in [0.717, 1.165) is 16.7 Å². The van der Waals surface area contributed by atoms with Crippen LogP contribution < -0.4 is 10.5 Å². The van der Waals surface area contributed by atoms with Gasteiger partial charge in [-0.3, -0.25) is 15.0 Å². The smallest absolute Gasteiger partial charge is 0.252 e. The minimum atomic E-state index is -0.623. The lowest BCUT2D eigenvalue weighted by Gasteiger charge is -2.28. The lowest BCUT2D eigenvalue weighted by Crippen LogP contribution is -2.30. The zero-order valence-corrected chi connectivity index (χ0v) is 21.1. The predicted octanol–water partition coefficient (Wildman–Crippen LogP) is 4.51. The number of phenols is 1. The van der Waals surface area contributed by atoms with Crippen LogP contribution in [0.2, 0.25) is 0 Å². The molecule has 0 fully saturated rings. The SMILES string of the molecule is CCOc1cc2c(cc1C(N)=O)C(=N)N(CC(=O)c1cc(C(C)(C)C)c(O)c(C(C)(C)C)c1)C2. The van der Waals surface area contributed by atoms with Crippen LogP contribution in [0.4, 0.5) is 0 Å². The van der Waals surface area contributed by atoms with E-state index in [1.165, 1.54) is 0 Å². The number of primary amides is 1. The maximum absolute atomic E-state index is 13.4. The molecule has 0 radical (unpaired) electrons. The Balaban J connectivity index is 1.95. The molecular weight excluding hydrogens is 430 g/mol. The summed E-state index contributed by atoms with van der Waals surface area (Å²) in [6.45, 7) is 14.6. The van der Waals surface area contributed by atoms with Crippen molar-refractivity contribution in [2.45, 2.75) is 65.8 Å². The van der Waals surface area contributed by atoms with Crippen LogP contribution in [0, 0.1) is 5.41 Å². The molecular formula is C27H35N3O4. The number of fused-ring (bicyclic) bond motifs is 1. The van der Waals surface area contributed by atoms with Gasteiger partial charge >= 0.3 is 0 Å². The number of nitrogens with zero attached hydrogens (tertiary/aromatic N) is 1. The van der Waals surface area contributed by atoms with E-state index in [2.05, 4.69) is 0 Å². The van der Waals surface area contributed by atoms with Crippen LogP contribution >= 0.6 is 0 Å². The van der Waals surface area contributed by atoms with Crippen molar-refractivity contribution in [1.82, 2.24) is 4.90 Å². The van der Waals surface area contributed by atoms with Gasteiger partial charge in [0.25, 0.3) is 5.91 Å². The van der Waals surface area contributed by atoms with Gasteiger partial charge < -0.3 is 20.5 Å². The van der Waals surface area contributed by atoms with Gasteiger partial charge in [-0.2, -0.15) is 0 Å². The van der Waals surface area contributed by atoms with E-state index >= 15 is 0 Å². The number of carbonyl (C=O) groups excluding carboxylic acids is 2. The molecule has 1 heterocycles. The minimum absolute atomic E-state index is 0.00132. The third-order valence-electron chi connectivity index (χ3n) is 6.09. The van der Waals surface area contributed by atoms with Crippen molar-refractivity contribution in [2.75, 3.05) is 13.2 Å². The molecule has 34 heavy (non-hydrogen) atoms. The molecule has 0 saturated heterocycles. The van der Waals surface area contributed by atoms with E-state index in [9.17, 15) is 14.7 Å². The normalized spacial score (nSPS) is 13.7. The standard InChI is InChI=1S/C27H35N3O4/c1-8-34-22-11-16-13-30(24(28)17(16)12-18(22)25(29)33)14-21(31)15-9-19(26(2,3)4)23(32)20(10-15)27(5,6)7/h9-12,28,32H,8,13-14H2,1-7H3,(H2,29,33). The number of benzene rings is 2. The Labute approximate surface area is 201 Å². The summed E-state index contributed by atoms with van der Waals surface area (Å²) in [6, 6.07) is 6.83. The summed E-state index contributed by atoms with van der Waals surface area (Å²) >= 11 is 0. The van der Waals surface area contributed by atoms with Gasteiger partial charge in [0.05, 0.1) is 18.7 Å². The van der Waals surface area contributed by atoms with Gasteiger partial charge in [0.2, 0.25) is 0 Å². The molecule has 7 heteroatoms. The summed E-state index contributed by atoms with van der Waals surface area (Å²) < 4.78 is 5.57. The molecule has 4 N–H and O–H groups in total. The molecule has 2 aromatic rings. The van der Waals surface area contributed by atoms with E-state index in [0.29, 0.717) is 30.0 Å². The van der Waals surface area contributed by atoms with Crippen molar-refractivity contribution in [2.24, 2.45) is 5.73 Å². The average molecular weight is 466 g/mol. The number of rotatable bonds is 6. The van der Waals surface area contributed by atoms with Gasteiger partial charge in [-0.05, 0) is 47.6 Å². The number of hydrogen-bond donors (Lipinski definition) is 3. The number of aromatic hydroxyl groups is 1. The Morgan fingerprint density at radius 2 is 1.62 bits per heavy atom. The third kappa shape index (κ3) is 4.79. The number of Topliss-reactive ketones (excluding diaryl/α,β-unsaturated/α-hetero) is 1. The second-order valence-corrected chi connectivity index (χ2v) is 10.9. The highest BCUT2D eigenvalue weighted by Gasteiger charge is 2.31. The van der Waals surface area contributed by atoms with E-state index in [4.69, 9.17) is 15.9 Å². The lowest BCUT2D eigenvalue weighted by molar-refractivity contribution is 0.0960. The molecule has 3 rings (SSSR count). The first kappa shape index (κ1) is 25.3. The van der Waals surface area contributed by atoms with Gasteiger partial charge in [-0.1, -0.05) is 41.5 Å². The first-order chi connectivity index (χ1) is 15.6. The Hall–Kier alpha value is -3.35. The van der Waals surface area contributed by atoms with E-state index in [-0.39, 0.29) is 40.3 Å². The monoisotopic (exact) mass is 465 g/mol. The van der Waals surface area contributed by atoms with Gasteiger partial charge in [0.1, 0.15) is 17.3 Å². The quantitative estimate of drug-likeness (QED) is 0.543. The second kappa shape index (κ2) is 8.78. The highest BCUT2D eigenvalue weighted by atomic mass is 16.5. The number of amides is 1. The molecule has 1 aliphatic heterocycles. The maximum Gasteiger partial charge on any atom is 0.252 e. The van der Waals surface area contributed by atoms with Gasteiger partial charge in [-0.15, -0.1) is 0 Å². The first-order valence-electron chi connectivity index (χ1n) is 11.5. The fourth-order valence-electron chi connectivity index (χ4n) is 4.23. The van der Waals surface area contributed by atoms with Crippen molar-refractivity contribution in [3.63, 3.8) is 0 Å². The number of nitrogens with one attached hydrogen (secondary N) is 1. The second-order valence-electron chi connectivity index (χ2n) is 10.9. The molecule has 7 nitrogen and oxygen atoms in total. The zero-order chi connectivity index (χ0) is 25.6. The fraction of sp³-hybridized carbons (Fsp3) is 0.444. The molecule has 1 aliphatic rings. The molecule has 0 unspecified atom stereocenters. The summed E-state index contributed by atoms with van der Waals surface area (Å²) in [6.07, 6.45) is 0. The Morgan fingerprint density at radius 3 is 2.09 bits per heavy atom. The molecule has 2 aromatic carbocycles. The van der Waals surface area contributed by atoms with Crippen molar-refractivity contribution in [1.29, 1.82) is 5.41 Å².